The lowest BCUT2D eigenvalue weighted by Gasteiger charge is -2.05. The van der Waals surface area contributed by atoms with Crippen LogP contribution in [0.3, 0.4) is 0 Å². The summed E-state index contributed by atoms with van der Waals surface area (Å²) in [5, 5.41) is 3.33. The van der Waals surface area contributed by atoms with Crippen LogP contribution in [0.1, 0.15) is 19.7 Å². The van der Waals surface area contributed by atoms with Crippen LogP contribution in [0, 0.1) is 0 Å². The Kier molecular flexibility index (Phi) is 6.33. The van der Waals surface area contributed by atoms with E-state index in [4.69, 9.17) is 9.47 Å². The van der Waals surface area contributed by atoms with Crippen LogP contribution in [-0.2, 0) is 6.54 Å². The molecule has 1 aliphatic rings. The molecule has 0 amide bonds. The topological polar surface area (TPSA) is 59.2 Å². The van der Waals surface area contributed by atoms with Crippen molar-refractivity contribution in [2.24, 2.45) is 0 Å². The molecule has 7 heteroatoms. The van der Waals surface area contributed by atoms with Crippen LogP contribution in [0.5, 0.6) is 11.5 Å². The number of fused-ring (bicyclic) bond motifs is 1. The van der Waals surface area contributed by atoms with Gasteiger partial charge in [-0.05, 0) is 18.2 Å². The van der Waals surface area contributed by atoms with E-state index in [0.29, 0.717) is 12.8 Å². The van der Waals surface area contributed by atoms with Crippen molar-refractivity contribution in [1.29, 1.82) is 0 Å². The van der Waals surface area contributed by atoms with Gasteiger partial charge >= 0.3 is 0 Å². The van der Waals surface area contributed by atoms with E-state index < -0.39 is 0 Å². The van der Waals surface area contributed by atoms with E-state index in [-0.39, 0.29) is 24.8 Å². The molecule has 0 saturated carbocycles. The summed E-state index contributed by atoms with van der Waals surface area (Å²) in [7, 11) is 0. The largest absolute Gasteiger partial charge is 0.454 e. The third kappa shape index (κ3) is 4.03. The number of benzene rings is 1. The molecule has 5 nitrogen and oxygen atoms in total. The molecule has 3 rings (SSSR count). The van der Waals surface area contributed by atoms with E-state index >= 15 is 0 Å². The smallest absolute Gasteiger partial charge is 0.231 e. The molecule has 2 N–H and O–H groups in total. The van der Waals surface area contributed by atoms with Gasteiger partial charge in [0.2, 0.25) is 6.79 Å². The normalized spacial score (nSPS) is 12.0. The van der Waals surface area contributed by atoms with Crippen molar-refractivity contribution in [3.8, 4) is 22.8 Å². The molecular formula is C14H19Cl2N3O2. The third-order valence-corrected chi connectivity index (χ3v) is 2.99. The summed E-state index contributed by atoms with van der Waals surface area (Å²) >= 11 is 0. The number of halogens is 2. The van der Waals surface area contributed by atoms with Crippen LogP contribution in [0.25, 0.3) is 11.3 Å². The van der Waals surface area contributed by atoms with Crippen LogP contribution in [0.2, 0.25) is 0 Å². The molecule has 0 spiro atoms. The lowest BCUT2D eigenvalue weighted by molar-refractivity contribution is 0.174. The van der Waals surface area contributed by atoms with Crippen molar-refractivity contribution in [3.63, 3.8) is 0 Å². The van der Waals surface area contributed by atoms with Crippen LogP contribution in [-0.4, -0.2) is 22.8 Å². The first-order valence-corrected chi connectivity index (χ1v) is 6.39. The third-order valence-electron chi connectivity index (χ3n) is 2.99. The number of nitrogens with zero attached hydrogens (tertiary/aromatic N) is 1. The van der Waals surface area contributed by atoms with E-state index in [2.05, 4.69) is 29.1 Å². The van der Waals surface area contributed by atoms with Gasteiger partial charge in [0.25, 0.3) is 0 Å². The van der Waals surface area contributed by atoms with E-state index in [1.807, 2.05) is 24.4 Å². The van der Waals surface area contributed by atoms with Gasteiger partial charge in [-0.25, -0.2) is 4.98 Å². The number of ether oxygens (including phenoxy) is 2. The predicted molar refractivity (Wildman–Crippen MR) is 86.6 cm³/mol. The maximum Gasteiger partial charge on any atom is 0.231 e. The maximum absolute atomic E-state index is 5.38. The molecule has 1 aliphatic heterocycles. The molecule has 0 fully saturated rings. The summed E-state index contributed by atoms with van der Waals surface area (Å²) in [6.45, 7) is 5.26. The van der Waals surface area contributed by atoms with Crippen molar-refractivity contribution < 1.29 is 9.47 Å². The zero-order chi connectivity index (χ0) is 13.2. The maximum atomic E-state index is 5.38. The summed E-state index contributed by atoms with van der Waals surface area (Å²) in [5.74, 6) is 2.51. The molecule has 0 aliphatic carbocycles. The molecule has 0 unspecified atom stereocenters. The van der Waals surface area contributed by atoms with Gasteiger partial charge in [0.05, 0.1) is 18.4 Å². The van der Waals surface area contributed by atoms with E-state index in [0.717, 1.165) is 35.1 Å². The molecule has 2 heterocycles. The Bertz CT molecular complexity index is 587. The monoisotopic (exact) mass is 331 g/mol. The molecule has 0 atom stereocenters. The number of aromatic nitrogens is 2. The number of rotatable bonds is 4. The molecule has 21 heavy (non-hydrogen) atoms. The molecule has 116 valence electrons. The highest BCUT2D eigenvalue weighted by Gasteiger charge is 2.14. The minimum Gasteiger partial charge on any atom is -0.454 e. The van der Waals surface area contributed by atoms with Crippen molar-refractivity contribution in [2.45, 2.75) is 26.4 Å². The van der Waals surface area contributed by atoms with Gasteiger partial charge in [-0.3, -0.25) is 0 Å². The highest BCUT2D eigenvalue weighted by atomic mass is 35.5. The Morgan fingerprint density at radius 1 is 1.24 bits per heavy atom. The zero-order valence-electron chi connectivity index (χ0n) is 11.9. The quantitative estimate of drug-likeness (QED) is 0.903. The SMILES string of the molecule is CC(C)NCc1ncc(-c2ccc3c(c2)OCO3)[nH]1.Cl.Cl. The van der Waals surface area contributed by atoms with Crippen LogP contribution >= 0.6 is 24.8 Å². The zero-order valence-corrected chi connectivity index (χ0v) is 13.5. The van der Waals surface area contributed by atoms with Gasteiger partial charge in [-0.1, -0.05) is 13.8 Å². The van der Waals surface area contributed by atoms with Crippen LogP contribution in [0.4, 0.5) is 0 Å². The molecule has 0 radical (unpaired) electrons. The first-order chi connectivity index (χ1) is 9.22. The fourth-order valence-corrected chi connectivity index (χ4v) is 1.96. The van der Waals surface area contributed by atoms with Crippen molar-refractivity contribution >= 4 is 24.8 Å². The summed E-state index contributed by atoms with van der Waals surface area (Å²) in [5.41, 5.74) is 2.03. The molecular weight excluding hydrogens is 313 g/mol. The highest BCUT2D eigenvalue weighted by molar-refractivity contribution is 5.85. The molecule has 2 aromatic rings. The van der Waals surface area contributed by atoms with Gasteiger partial charge in [0, 0.05) is 11.6 Å². The molecule has 0 saturated heterocycles. The van der Waals surface area contributed by atoms with Gasteiger partial charge in [-0.15, -0.1) is 24.8 Å². The lowest BCUT2D eigenvalue weighted by Crippen LogP contribution is -2.22. The van der Waals surface area contributed by atoms with Crippen molar-refractivity contribution in [2.75, 3.05) is 6.79 Å². The Hall–Kier alpha value is -1.43. The van der Waals surface area contributed by atoms with Crippen LogP contribution in [0.15, 0.2) is 24.4 Å². The van der Waals surface area contributed by atoms with E-state index in [1.54, 1.807) is 0 Å². The average Bonchev–Trinajstić information content (AvgIpc) is 3.04. The Morgan fingerprint density at radius 3 is 2.76 bits per heavy atom. The summed E-state index contributed by atoms with van der Waals surface area (Å²) in [4.78, 5) is 7.67. The van der Waals surface area contributed by atoms with Gasteiger partial charge in [-0.2, -0.15) is 0 Å². The highest BCUT2D eigenvalue weighted by Crippen LogP contribution is 2.35. The van der Waals surface area contributed by atoms with Gasteiger partial charge in [0.1, 0.15) is 5.82 Å². The second kappa shape index (κ2) is 7.54. The van der Waals surface area contributed by atoms with Crippen molar-refractivity contribution in [1.82, 2.24) is 15.3 Å². The minimum atomic E-state index is 0. The summed E-state index contributed by atoms with van der Waals surface area (Å²) in [6, 6.07) is 6.33. The molecule has 1 aromatic heterocycles. The number of hydrogen-bond acceptors (Lipinski definition) is 4. The predicted octanol–water partition coefficient (Wildman–Crippen LogP) is 3.15. The second-order valence-corrected chi connectivity index (χ2v) is 4.85. The first-order valence-electron chi connectivity index (χ1n) is 6.39. The van der Waals surface area contributed by atoms with Gasteiger partial charge < -0.3 is 19.8 Å². The fourth-order valence-electron chi connectivity index (χ4n) is 1.96. The Morgan fingerprint density at radius 2 is 2.00 bits per heavy atom. The fraction of sp³-hybridized carbons (Fsp3) is 0.357. The second-order valence-electron chi connectivity index (χ2n) is 4.85. The molecule has 0 bridgehead atoms. The number of nitrogens with one attached hydrogen (secondary N) is 2. The van der Waals surface area contributed by atoms with Crippen LogP contribution < -0.4 is 14.8 Å². The Balaban J connectivity index is 0.00000110. The summed E-state index contributed by atoms with van der Waals surface area (Å²) < 4.78 is 10.7. The molecule has 1 aromatic carbocycles. The van der Waals surface area contributed by atoms with Gasteiger partial charge in [0.15, 0.2) is 11.5 Å². The Labute approximate surface area is 136 Å². The van der Waals surface area contributed by atoms with Crippen molar-refractivity contribution in [3.05, 3.63) is 30.2 Å². The average molecular weight is 332 g/mol. The number of imidazole rings is 1. The standard InChI is InChI=1S/C14H17N3O2.2ClH/c1-9(2)15-7-14-16-6-11(17-14)10-3-4-12-13(5-10)19-8-18-12;;/h3-6,9,15H,7-8H2,1-2H3,(H,16,17);2*1H. The summed E-state index contributed by atoms with van der Waals surface area (Å²) in [6.07, 6.45) is 1.84. The number of hydrogen-bond donors (Lipinski definition) is 2. The number of H-pyrrole nitrogens is 1. The minimum absolute atomic E-state index is 0. The van der Waals surface area contributed by atoms with E-state index in [1.165, 1.54) is 0 Å². The lowest BCUT2D eigenvalue weighted by atomic mass is 10.1. The van der Waals surface area contributed by atoms with E-state index in [9.17, 15) is 0 Å². The number of aromatic amines is 1. The first kappa shape index (κ1) is 17.6.